The average Bonchev–Trinajstić information content (AvgIpc) is 3.04. The Morgan fingerprint density at radius 2 is 1.76 bits per heavy atom. The van der Waals surface area contributed by atoms with Gasteiger partial charge in [-0.15, -0.1) is 0 Å². The van der Waals surface area contributed by atoms with Crippen LogP contribution in [0.2, 0.25) is 0 Å². The van der Waals surface area contributed by atoms with E-state index in [1.165, 1.54) is 18.2 Å². The number of hydrogen-bond donors (Lipinski definition) is 3. The van der Waals surface area contributed by atoms with Crippen LogP contribution in [0.15, 0.2) is 18.2 Å². The van der Waals surface area contributed by atoms with Crippen LogP contribution < -0.4 is 16.4 Å². The first-order valence-electron chi connectivity index (χ1n) is 10.9. The second kappa shape index (κ2) is 9.10. The van der Waals surface area contributed by atoms with Gasteiger partial charge in [0.25, 0.3) is 11.8 Å². The molecule has 0 spiro atoms. The summed E-state index contributed by atoms with van der Waals surface area (Å²) in [7, 11) is 0. The van der Waals surface area contributed by atoms with E-state index < -0.39 is 35.6 Å². The van der Waals surface area contributed by atoms with Crippen molar-refractivity contribution in [1.82, 2.24) is 15.1 Å². The Balaban J connectivity index is 1.42. The van der Waals surface area contributed by atoms with E-state index in [-0.39, 0.29) is 54.4 Å². The number of benzene rings is 1. The van der Waals surface area contributed by atoms with E-state index in [4.69, 9.17) is 5.73 Å². The summed E-state index contributed by atoms with van der Waals surface area (Å²) in [5.41, 5.74) is 6.06. The molecule has 11 heteroatoms. The highest BCUT2D eigenvalue weighted by Crippen LogP contribution is 2.32. The van der Waals surface area contributed by atoms with Gasteiger partial charge in [0.15, 0.2) is 0 Å². The molecule has 0 aliphatic carbocycles. The number of carbonyl (C=O) groups is 6. The summed E-state index contributed by atoms with van der Waals surface area (Å²) in [6.07, 6.45) is 1.46. The van der Waals surface area contributed by atoms with Gasteiger partial charge in [0.1, 0.15) is 6.04 Å². The third-order valence-electron chi connectivity index (χ3n) is 6.20. The standard InChI is InChI=1S/C22H25N5O6/c23-12-8-10-26(11-9-12)18(30)7-6-16(28)24-14-3-1-2-13-19(14)22(33)27(21(13)32)15-4-5-17(29)25-20(15)31/h1-3,12,15H,4-11,23H2,(H,24,28)(H,25,29,31). The minimum Gasteiger partial charge on any atom is -0.343 e. The van der Waals surface area contributed by atoms with Crippen LogP contribution in [0.25, 0.3) is 0 Å². The summed E-state index contributed by atoms with van der Waals surface area (Å²) in [6.45, 7) is 1.14. The molecular formula is C22H25N5O6. The zero-order valence-electron chi connectivity index (χ0n) is 18.0. The van der Waals surface area contributed by atoms with Gasteiger partial charge in [-0.25, -0.2) is 0 Å². The number of carbonyl (C=O) groups excluding carboxylic acids is 6. The summed E-state index contributed by atoms with van der Waals surface area (Å²) in [4.78, 5) is 76.9. The maximum atomic E-state index is 13.1. The first kappa shape index (κ1) is 22.6. The largest absolute Gasteiger partial charge is 0.343 e. The highest BCUT2D eigenvalue weighted by Gasteiger charge is 2.45. The van der Waals surface area contributed by atoms with Crippen LogP contribution in [0.3, 0.4) is 0 Å². The fraction of sp³-hybridized carbons (Fsp3) is 0.455. The van der Waals surface area contributed by atoms with Crippen LogP contribution in [-0.2, 0) is 19.2 Å². The molecule has 3 aliphatic rings. The van der Waals surface area contributed by atoms with Crippen molar-refractivity contribution >= 4 is 41.1 Å². The van der Waals surface area contributed by atoms with Gasteiger partial charge >= 0.3 is 0 Å². The second-order valence-corrected chi connectivity index (χ2v) is 8.44. The SMILES string of the molecule is NC1CCN(C(=O)CCC(=O)Nc2cccc3c2C(=O)N(C2CCC(=O)NC2=O)C3=O)CC1. The number of rotatable bonds is 5. The van der Waals surface area contributed by atoms with Gasteiger partial charge in [0.2, 0.25) is 23.6 Å². The Hall–Kier alpha value is -3.60. The molecule has 11 nitrogen and oxygen atoms in total. The molecule has 0 saturated carbocycles. The quantitative estimate of drug-likeness (QED) is 0.517. The third-order valence-corrected chi connectivity index (χ3v) is 6.20. The monoisotopic (exact) mass is 455 g/mol. The van der Waals surface area contributed by atoms with Crippen LogP contribution >= 0.6 is 0 Å². The van der Waals surface area contributed by atoms with Gasteiger partial charge in [0.05, 0.1) is 16.8 Å². The lowest BCUT2D eigenvalue weighted by molar-refractivity contribution is -0.136. The Bertz CT molecular complexity index is 1050. The van der Waals surface area contributed by atoms with Crippen molar-refractivity contribution in [1.29, 1.82) is 0 Å². The van der Waals surface area contributed by atoms with E-state index in [1.807, 2.05) is 0 Å². The molecule has 0 radical (unpaired) electrons. The third kappa shape index (κ3) is 4.49. The Morgan fingerprint density at radius 1 is 1.03 bits per heavy atom. The molecular weight excluding hydrogens is 430 g/mol. The van der Waals surface area contributed by atoms with Crippen molar-refractivity contribution in [2.24, 2.45) is 5.73 Å². The molecule has 0 bridgehead atoms. The predicted octanol–water partition coefficient (Wildman–Crippen LogP) is -0.244. The summed E-state index contributed by atoms with van der Waals surface area (Å²) < 4.78 is 0. The van der Waals surface area contributed by atoms with Gasteiger partial charge in [-0.05, 0) is 31.4 Å². The molecule has 33 heavy (non-hydrogen) atoms. The molecule has 1 aromatic carbocycles. The minimum absolute atomic E-state index is 0.00288. The van der Waals surface area contributed by atoms with E-state index in [0.717, 1.165) is 17.7 Å². The predicted molar refractivity (Wildman–Crippen MR) is 115 cm³/mol. The van der Waals surface area contributed by atoms with Crippen molar-refractivity contribution in [2.45, 2.75) is 50.6 Å². The number of fused-ring (bicyclic) bond motifs is 1. The van der Waals surface area contributed by atoms with Crippen molar-refractivity contribution in [2.75, 3.05) is 18.4 Å². The second-order valence-electron chi connectivity index (χ2n) is 8.44. The van der Waals surface area contributed by atoms with Crippen molar-refractivity contribution in [3.63, 3.8) is 0 Å². The number of likely N-dealkylation sites (tertiary alicyclic amines) is 1. The topological polar surface area (TPSA) is 159 Å². The van der Waals surface area contributed by atoms with E-state index in [1.54, 1.807) is 4.90 Å². The van der Waals surface area contributed by atoms with Gasteiger partial charge in [0, 0.05) is 38.4 Å². The zero-order chi connectivity index (χ0) is 23.7. The van der Waals surface area contributed by atoms with Crippen LogP contribution in [0.5, 0.6) is 0 Å². The van der Waals surface area contributed by atoms with Crippen molar-refractivity contribution in [3.8, 4) is 0 Å². The van der Waals surface area contributed by atoms with Gasteiger partial charge in [-0.2, -0.15) is 0 Å². The maximum absolute atomic E-state index is 13.1. The highest BCUT2D eigenvalue weighted by atomic mass is 16.2. The lowest BCUT2D eigenvalue weighted by Gasteiger charge is -2.30. The molecule has 1 unspecified atom stereocenters. The molecule has 2 fully saturated rings. The number of imide groups is 2. The fourth-order valence-corrected chi connectivity index (χ4v) is 4.36. The lowest BCUT2D eigenvalue weighted by atomic mass is 10.0. The molecule has 2 saturated heterocycles. The molecule has 1 aromatic rings. The normalized spacial score (nSPS) is 21.2. The number of anilines is 1. The van der Waals surface area contributed by atoms with E-state index in [2.05, 4.69) is 10.6 Å². The molecule has 4 rings (SSSR count). The van der Waals surface area contributed by atoms with Crippen LogP contribution in [-0.4, -0.2) is 70.4 Å². The Morgan fingerprint density at radius 3 is 2.45 bits per heavy atom. The van der Waals surface area contributed by atoms with Crippen LogP contribution in [0.4, 0.5) is 5.69 Å². The molecule has 4 N–H and O–H groups in total. The highest BCUT2D eigenvalue weighted by molar-refractivity contribution is 6.26. The van der Waals surface area contributed by atoms with Crippen LogP contribution in [0.1, 0.15) is 59.2 Å². The lowest BCUT2D eigenvalue weighted by Crippen LogP contribution is -2.54. The number of nitrogens with one attached hydrogen (secondary N) is 2. The van der Waals surface area contributed by atoms with Crippen molar-refractivity contribution < 1.29 is 28.8 Å². The molecule has 3 heterocycles. The molecule has 1 atom stereocenters. The Labute approximate surface area is 189 Å². The fourth-order valence-electron chi connectivity index (χ4n) is 4.36. The molecule has 3 aliphatic heterocycles. The summed E-state index contributed by atoms with van der Waals surface area (Å²) in [6, 6.07) is 3.47. The number of piperidine rings is 2. The average molecular weight is 455 g/mol. The van der Waals surface area contributed by atoms with Crippen LogP contribution in [0, 0.1) is 0 Å². The molecule has 6 amide bonds. The van der Waals surface area contributed by atoms with E-state index >= 15 is 0 Å². The molecule has 0 aromatic heterocycles. The first-order valence-corrected chi connectivity index (χ1v) is 10.9. The van der Waals surface area contributed by atoms with Gasteiger partial charge < -0.3 is 16.0 Å². The van der Waals surface area contributed by atoms with Crippen molar-refractivity contribution in [3.05, 3.63) is 29.3 Å². The minimum atomic E-state index is -1.09. The van der Waals surface area contributed by atoms with E-state index in [9.17, 15) is 28.8 Å². The number of nitrogens with zero attached hydrogens (tertiary/aromatic N) is 2. The van der Waals surface area contributed by atoms with Gasteiger partial charge in [-0.1, -0.05) is 6.07 Å². The van der Waals surface area contributed by atoms with Gasteiger partial charge in [-0.3, -0.25) is 39.0 Å². The Kier molecular flexibility index (Phi) is 6.23. The summed E-state index contributed by atoms with van der Waals surface area (Å²) >= 11 is 0. The number of amides is 6. The number of nitrogens with two attached hydrogens (primary N) is 1. The van der Waals surface area contributed by atoms with E-state index in [0.29, 0.717) is 13.1 Å². The first-order chi connectivity index (χ1) is 15.8. The maximum Gasteiger partial charge on any atom is 0.264 e. The molecule has 174 valence electrons. The summed E-state index contributed by atoms with van der Waals surface area (Å²) in [5.74, 6) is -3.12. The summed E-state index contributed by atoms with van der Waals surface area (Å²) in [5, 5.41) is 4.76. The number of hydrogen-bond acceptors (Lipinski definition) is 7. The smallest absolute Gasteiger partial charge is 0.264 e. The zero-order valence-corrected chi connectivity index (χ0v) is 18.0.